The quantitative estimate of drug-likeness (QED) is 0.935. The van der Waals surface area contributed by atoms with Gasteiger partial charge in [0.15, 0.2) is 0 Å². The average Bonchev–Trinajstić information content (AvgIpc) is 2.57. The molecule has 0 saturated carbocycles. The van der Waals surface area contributed by atoms with Gasteiger partial charge in [0.05, 0.1) is 5.92 Å². The van der Waals surface area contributed by atoms with E-state index in [1.807, 2.05) is 36.4 Å². The fourth-order valence-corrected chi connectivity index (χ4v) is 3.02. The topological polar surface area (TPSA) is 32.3 Å². The summed E-state index contributed by atoms with van der Waals surface area (Å²) in [5, 5.41) is 3.03. The molecule has 0 spiro atoms. The lowest BCUT2D eigenvalue weighted by Crippen LogP contribution is -2.40. The number of piperidine rings is 1. The van der Waals surface area contributed by atoms with E-state index in [2.05, 4.69) is 34.5 Å². The Labute approximate surface area is 132 Å². The lowest BCUT2D eigenvalue weighted by atomic mass is 9.96. The highest BCUT2D eigenvalue weighted by Crippen LogP contribution is 2.20. The zero-order valence-corrected chi connectivity index (χ0v) is 12.7. The molecule has 0 unspecified atom stereocenters. The van der Waals surface area contributed by atoms with Crippen molar-refractivity contribution in [1.29, 1.82) is 0 Å². The molecule has 0 aliphatic carbocycles. The van der Waals surface area contributed by atoms with Gasteiger partial charge in [0, 0.05) is 18.8 Å². The van der Waals surface area contributed by atoms with Crippen LogP contribution in [0, 0.1) is 5.92 Å². The van der Waals surface area contributed by atoms with Gasteiger partial charge in [-0.05, 0) is 37.1 Å². The fourth-order valence-electron chi connectivity index (χ4n) is 3.02. The van der Waals surface area contributed by atoms with E-state index in [1.165, 1.54) is 5.56 Å². The minimum Gasteiger partial charge on any atom is -0.326 e. The Kier molecular flexibility index (Phi) is 4.86. The van der Waals surface area contributed by atoms with Crippen molar-refractivity contribution in [2.24, 2.45) is 5.92 Å². The largest absolute Gasteiger partial charge is 0.326 e. The molecule has 1 aliphatic rings. The van der Waals surface area contributed by atoms with Gasteiger partial charge in [0.25, 0.3) is 0 Å². The molecule has 0 radical (unpaired) electrons. The zero-order chi connectivity index (χ0) is 15.2. The van der Waals surface area contributed by atoms with Gasteiger partial charge in [-0.25, -0.2) is 0 Å². The van der Waals surface area contributed by atoms with Crippen molar-refractivity contribution in [3.63, 3.8) is 0 Å². The Bertz CT molecular complexity index is 597. The number of anilines is 1. The van der Waals surface area contributed by atoms with Crippen molar-refractivity contribution in [2.75, 3.05) is 18.4 Å². The molecule has 2 aromatic carbocycles. The molecule has 0 aromatic heterocycles. The van der Waals surface area contributed by atoms with Crippen LogP contribution < -0.4 is 5.32 Å². The third kappa shape index (κ3) is 3.95. The molecule has 1 amide bonds. The van der Waals surface area contributed by atoms with E-state index in [4.69, 9.17) is 0 Å². The summed E-state index contributed by atoms with van der Waals surface area (Å²) in [6, 6.07) is 20.2. The first-order valence-electron chi connectivity index (χ1n) is 7.93. The van der Waals surface area contributed by atoms with Crippen molar-refractivity contribution in [3.8, 4) is 0 Å². The van der Waals surface area contributed by atoms with Gasteiger partial charge in [-0.2, -0.15) is 0 Å². The van der Waals surface area contributed by atoms with Crippen LogP contribution in [-0.4, -0.2) is 23.9 Å². The normalized spacial score (nSPS) is 18.8. The number of para-hydroxylation sites is 1. The molecule has 3 nitrogen and oxygen atoms in total. The number of carbonyl (C=O) groups excluding carboxylic acids is 1. The van der Waals surface area contributed by atoms with E-state index in [1.54, 1.807) is 0 Å². The maximum Gasteiger partial charge on any atom is 0.228 e. The van der Waals surface area contributed by atoms with Crippen molar-refractivity contribution in [2.45, 2.75) is 19.4 Å². The molecular formula is C19H22N2O. The maximum absolute atomic E-state index is 12.4. The predicted molar refractivity (Wildman–Crippen MR) is 89.5 cm³/mol. The second-order valence-electron chi connectivity index (χ2n) is 5.92. The first-order valence-corrected chi connectivity index (χ1v) is 7.93. The van der Waals surface area contributed by atoms with Crippen LogP contribution in [-0.2, 0) is 11.3 Å². The number of carbonyl (C=O) groups is 1. The molecule has 1 N–H and O–H groups in total. The van der Waals surface area contributed by atoms with Crippen LogP contribution in [0.15, 0.2) is 60.7 Å². The van der Waals surface area contributed by atoms with Crippen LogP contribution >= 0.6 is 0 Å². The highest BCUT2D eigenvalue weighted by atomic mass is 16.1. The highest BCUT2D eigenvalue weighted by molar-refractivity contribution is 5.92. The first-order chi connectivity index (χ1) is 10.8. The van der Waals surface area contributed by atoms with E-state index in [0.29, 0.717) is 0 Å². The van der Waals surface area contributed by atoms with Gasteiger partial charge in [-0.1, -0.05) is 48.5 Å². The van der Waals surface area contributed by atoms with Crippen molar-refractivity contribution in [3.05, 3.63) is 66.2 Å². The summed E-state index contributed by atoms with van der Waals surface area (Å²) in [5.41, 5.74) is 2.19. The Morgan fingerprint density at radius 1 is 1.05 bits per heavy atom. The van der Waals surface area contributed by atoms with Gasteiger partial charge in [0.1, 0.15) is 0 Å². The van der Waals surface area contributed by atoms with Crippen LogP contribution in [0.2, 0.25) is 0 Å². The number of hydrogen-bond acceptors (Lipinski definition) is 2. The van der Waals surface area contributed by atoms with Crippen molar-refractivity contribution in [1.82, 2.24) is 4.90 Å². The minimum absolute atomic E-state index is 0.0812. The van der Waals surface area contributed by atoms with Crippen LogP contribution in [0.1, 0.15) is 18.4 Å². The van der Waals surface area contributed by atoms with E-state index < -0.39 is 0 Å². The average molecular weight is 294 g/mol. The summed E-state index contributed by atoms with van der Waals surface area (Å²) in [6.07, 6.45) is 2.06. The van der Waals surface area contributed by atoms with Crippen molar-refractivity contribution >= 4 is 11.6 Å². The number of hydrogen-bond donors (Lipinski definition) is 1. The number of likely N-dealkylation sites (tertiary alicyclic amines) is 1. The zero-order valence-electron chi connectivity index (χ0n) is 12.7. The minimum atomic E-state index is 0.0812. The van der Waals surface area contributed by atoms with Gasteiger partial charge in [0.2, 0.25) is 5.91 Å². The third-order valence-corrected chi connectivity index (χ3v) is 4.17. The number of nitrogens with zero attached hydrogens (tertiary/aromatic N) is 1. The second kappa shape index (κ2) is 7.23. The van der Waals surface area contributed by atoms with Gasteiger partial charge >= 0.3 is 0 Å². The summed E-state index contributed by atoms with van der Waals surface area (Å²) in [4.78, 5) is 14.8. The molecule has 2 aromatic rings. The molecule has 1 fully saturated rings. The van der Waals surface area contributed by atoms with E-state index in [9.17, 15) is 4.79 Å². The highest BCUT2D eigenvalue weighted by Gasteiger charge is 2.25. The van der Waals surface area contributed by atoms with Gasteiger partial charge in [-0.15, -0.1) is 0 Å². The standard InChI is InChI=1S/C19H22N2O/c22-19(20-18-11-5-2-6-12-18)17-10-7-13-21(15-17)14-16-8-3-1-4-9-16/h1-6,8-9,11-12,17H,7,10,13-15H2,(H,20,22)/t17-/m1/s1. The van der Waals surface area contributed by atoms with E-state index >= 15 is 0 Å². The van der Waals surface area contributed by atoms with Gasteiger partial charge in [-0.3, -0.25) is 9.69 Å². The first kappa shape index (κ1) is 14.8. The molecular weight excluding hydrogens is 272 g/mol. The molecule has 1 atom stereocenters. The van der Waals surface area contributed by atoms with Crippen LogP contribution in [0.4, 0.5) is 5.69 Å². The molecule has 3 heteroatoms. The van der Waals surface area contributed by atoms with Crippen LogP contribution in [0.5, 0.6) is 0 Å². The summed E-state index contributed by atoms with van der Waals surface area (Å²) in [7, 11) is 0. The van der Waals surface area contributed by atoms with Crippen LogP contribution in [0.25, 0.3) is 0 Å². The Hall–Kier alpha value is -2.13. The third-order valence-electron chi connectivity index (χ3n) is 4.17. The molecule has 3 rings (SSSR count). The molecule has 1 saturated heterocycles. The molecule has 1 aliphatic heterocycles. The summed E-state index contributed by atoms with van der Waals surface area (Å²) < 4.78 is 0. The molecule has 0 bridgehead atoms. The Morgan fingerprint density at radius 3 is 2.45 bits per heavy atom. The lowest BCUT2D eigenvalue weighted by molar-refractivity contribution is -0.121. The predicted octanol–water partition coefficient (Wildman–Crippen LogP) is 3.54. The summed E-state index contributed by atoms with van der Waals surface area (Å²) >= 11 is 0. The molecule has 114 valence electrons. The summed E-state index contributed by atoms with van der Waals surface area (Å²) in [6.45, 7) is 2.84. The van der Waals surface area contributed by atoms with Crippen LogP contribution in [0.3, 0.4) is 0 Å². The Morgan fingerprint density at radius 2 is 1.73 bits per heavy atom. The van der Waals surface area contributed by atoms with Crippen molar-refractivity contribution < 1.29 is 4.79 Å². The molecule has 22 heavy (non-hydrogen) atoms. The number of nitrogens with one attached hydrogen (secondary N) is 1. The smallest absolute Gasteiger partial charge is 0.228 e. The van der Waals surface area contributed by atoms with Gasteiger partial charge < -0.3 is 5.32 Å². The SMILES string of the molecule is O=C(Nc1ccccc1)[C@@H]1CCCN(Cc2ccccc2)C1. The number of amides is 1. The number of rotatable bonds is 4. The summed E-state index contributed by atoms with van der Waals surface area (Å²) in [5.74, 6) is 0.224. The number of benzene rings is 2. The Balaban J connectivity index is 1.57. The fraction of sp³-hybridized carbons (Fsp3) is 0.316. The van der Waals surface area contributed by atoms with E-state index in [0.717, 1.165) is 38.2 Å². The molecule has 1 heterocycles. The second-order valence-corrected chi connectivity index (χ2v) is 5.92. The maximum atomic E-state index is 12.4. The van der Waals surface area contributed by atoms with E-state index in [-0.39, 0.29) is 11.8 Å². The monoisotopic (exact) mass is 294 g/mol. The lowest BCUT2D eigenvalue weighted by Gasteiger charge is -2.32.